The number of methoxy groups -OCH3 is 1. The maximum atomic E-state index is 14.7. The van der Waals surface area contributed by atoms with Crippen LogP contribution in [0.3, 0.4) is 0 Å². The van der Waals surface area contributed by atoms with Crippen LogP contribution < -0.4 is 21.3 Å². The third-order valence-electron chi connectivity index (χ3n) is 10.1. The van der Waals surface area contributed by atoms with E-state index in [9.17, 15) is 24.0 Å². The first-order valence-corrected chi connectivity index (χ1v) is 17.3. The van der Waals surface area contributed by atoms with E-state index in [-0.39, 0.29) is 42.2 Å². The van der Waals surface area contributed by atoms with Crippen LogP contribution in [-0.2, 0) is 23.9 Å². The molecule has 262 valence electrons. The summed E-state index contributed by atoms with van der Waals surface area (Å²) in [6.07, 6.45) is 7.74. The van der Waals surface area contributed by atoms with Gasteiger partial charge in [-0.1, -0.05) is 86.6 Å². The van der Waals surface area contributed by atoms with Gasteiger partial charge >= 0.3 is 6.03 Å². The number of likely N-dealkylation sites (tertiary alicyclic amines) is 1. The van der Waals surface area contributed by atoms with E-state index in [2.05, 4.69) is 48.6 Å². The lowest BCUT2D eigenvalue weighted by atomic mass is 9.70. The Bertz CT molecular complexity index is 1060. The van der Waals surface area contributed by atoms with Crippen LogP contribution in [0.4, 0.5) is 4.79 Å². The zero-order valence-corrected chi connectivity index (χ0v) is 29.6. The van der Waals surface area contributed by atoms with Crippen LogP contribution in [-0.4, -0.2) is 85.4 Å². The maximum Gasteiger partial charge on any atom is 0.315 e. The van der Waals surface area contributed by atoms with Gasteiger partial charge in [-0.25, -0.2) is 4.79 Å². The molecule has 3 unspecified atom stereocenters. The Kier molecular flexibility index (Phi) is 15.7. The van der Waals surface area contributed by atoms with Crippen molar-refractivity contribution >= 4 is 29.5 Å². The predicted octanol–water partition coefficient (Wildman–Crippen LogP) is 3.96. The number of unbranched alkanes of at least 4 members (excludes halogenated alkanes) is 1. The fraction of sp³-hybridized carbons (Fsp3) is 0.800. The number of Topliss-reactive ketones (excluding diaryl/α,β-unsaturated/α-hetero) is 1. The van der Waals surface area contributed by atoms with Gasteiger partial charge in [-0.2, -0.15) is 0 Å². The lowest BCUT2D eigenvalue weighted by molar-refractivity contribution is -0.145. The van der Waals surface area contributed by atoms with E-state index in [0.717, 1.165) is 38.5 Å². The molecule has 4 N–H and O–H groups in total. The van der Waals surface area contributed by atoms with Crippen molar-refractivity contribution in [1.82, 2.24) is 26.2 Å². The molecular weight excluding hydrogens is 586 g/mol. The molecule has 1 aliphatic heterocycles. The molecule has 46 heavy (non-hydrogen) atoms. The van der Waals surface area contributed by atoms with Gasteiger partial charge in [0.05, 0.1) is 18.7 Å². The number of urea groups is 1. The number of hydrogen-bond acceptors (Lipinski definition) is 6. The molecule has 6 atom stereocenters. The van der Waals surface area contributed by atoms with Gasteiger partial charge in [0.2, 0.25) is 17.6 Å². The molecule has 0 aromatic rings. The average molecular weight is 648 g/mol. The second kappa shape index (κ2) is 18.4. The summed E-state index contributed by atoms with van der Waals surface area (Å²) < 4.78 is 5.31. The van der Waals surface area contributed by atoms with Gasteiger partial charge in [-0.05, 0) is 48.3 Å². The number of nitrogens with one attached hydrogen (secondary N) is 4. The van der Waals surface area contributed by atoms with Crippen LogP contribution in [0.15, 0.2) is 12.7 Å². The van der Waals surface area contributed by atoms with Crippen LogP contribution in [0.2, 0.25) is 0 Å². The topological polar surface area (TPSA) is 146 Å². The average Bonchev–Trinajstić information content (AvgIpc) is 3.37. The lowest BCUT2D eigenvalue weighted by Crippen LogP contribution is -2.62. The molecule has 0 spiro atoms. The van der Waals surface area contributed by atoms with Crippen LogP contribution in [0, 0.1) is 29.1 Å². The summed E-state index contributed by atoms with van der Waals surface area (Å²) in [6.45, 7) is 18.6. The highest BCUT2D eigenvalue weighted by atomic mass is 16.5. The van der Waals surface area contributed by atoms with E-state index < -0.39 is 47.2 Å². The van der Waals surface area contributed by atoms with E-state index in [0.29, 0.717) is 26.0 Å². The summed E-state index contributed by atoms with van der Waals surface area (Å²) in [6, 6.07) is -3.39. The van der Waals surface area contributed by atoms with Gasteiger partial charge in [0, 0.05) is 20.2 Å². The maximum absolute atomic E-state index is 14.7. The normalized spacial score (nSPS) is 22.9. The number of carbonyl (C=O) groups excluding carboxylic acids is 5. The largest absolute Gasteiger partial charge is 0.383 e. The summed E-state index contributed by atoms with van der Waals surface area (Å²) in [5, 5.41) is 11.4. The van der Waals surface area contributed by atoms with Crippen LogP contribution in [0.1, 0.15) is 99.8 Å². The van der Waals surface area contributed by atoms with Crippen molar-refractivity contribution in [2.45, 2.75) is 124 Å². The standard InChI is InChI=1S/C35H61N5O6/c1-10-12-16-26(29(41)32(43)36-19-11-2)37-31(42)28-24(7)25(22(3)4)20-40(28)33(44)30(35(8)17-14-13-15-18-35)39-34(45)38-27(21-46-9)23(5)6/h11,22-28,30H,2,10,12-21H2,1,3-9H3,(H,36,43)(H,37,42)(H2,38,39,45)/t24-,25?,26?,27+,28?,30+/m0/s1. The zero-order valence-electron chi connectivity index (χ0n) is 29.6. The molecule has 0 aromatic carbocycles. The van der Waals surface area contributed by atoms with Gasteiger partial charge in [-0.3, -0.25) is 19.2 Å². The Hall–Kier alpha value is -2.95. The molecule has 2 aliphatic rings. The van der Waals surface area contributed by atoms with Crippen molar-refractivity contribution in [3.8, 4) is 0 Å². The molecular formula is C35H61N5O6. The first-order chi connectivity index (χ1) is 21.7. The van der Waals surface area contributed by atoms with Crippen LogP contribution in [0.5, 0.6) is 0 Å². The number of carbonyl (C=O) groups is 5. The number of amides is 5. The molecule has 1 heterocycles. The fourth-order valence-electron chi connectivity index (χ4n) is 7.06. The van der Waals surface area contributed by atoms with Crippen molar-refractivity contribution < 1.29 is 28.7 Å². The zero-order chi connectivity index (χ0) is 34.6. The molecule has 11 heteroatoms. The molecule has 2 fully saturated rings. The van der Waals surface area contributed by atoms with Crippen molar-refractivity contribution in [2.24, 2.45) is 29.1 Å². The smallest absolute Gasteiger partial charge is 0.315 e. The Morgan fingerprint density at radius 2 is 1.67 bits per heavy atom. The monoisotopic (exact) mass is 647 g/mol. The van der Waals surface area contributed by atoms with E-state index in [1.807, 2.05) is 27.7 Å². The third-order valence-corrected chi connectivity index (χ3v) is 10.1. The highest BCUT2D eigenvalue weighted by Crippen LogP contribution is 2.42. The number of rotatable bonds is 17. The number of ketones is 1. The Labute approximate surface area is 276 Å². The minimum absolute atomic E-state index is 0.0287. The summed E-state index contributed by atoms with van der Waals surface area (Å²) in [5.74, 6) is -2.11. The number of ether oxygens (including phenoxy) is 1. The predicted molar refractivity (Wildman–Crippen MR) is 180 cm³/mol. The van der Waals surface area contributed by atoms with E-state index in [1.54, 1.807) is 12.0 Å². The summed E-state index contributed by atoms with van der Waals surface area (Å²) in [4.78, 5) is 69.6. The third kappa shape index (κ3) is 10.3. The SMILES string of the molecule is C=CCNC(=O)C(=O)C(CCCC)NC(=O)C1[C@@H](C)C(C(C)C)CN1C(=O)[C@@H](NC(=O)N[C@H](COC)C(C)C)C1(C)CCCCC1. The Morgan fingerprint density at radius 3 is 2.22 bits per heavy atom. The van der Waals surface area contributed by atoms with Crippen molar-refractivity contribution in [3.05, 3.63) is 12.7 Å². The molecule has 11 nitrogen and oxygen atoms in total. The van der Waals surface area contributed by atoms with Crippen LogP contribution in [0.25, 0.3) is 0 Å². The molecule has 0 aromatic heterocycles. The summed E-state index contributed by atoms with van der Waals surface area (Å²) >= 11 is 0. The molecule has 1 aliphatic carbocycles. The summed E-state index contributed by atoms with van der Waals surface area (Å²) in [5.41, 5.74) is -0.496. The van der Waals surface area contributed by atoms with Crippen molar-refractivity contribution in [2.75, 3.05) is 26.8 Å². The Balaban J connectivity index is 2.45. The van der Waals surface area contributed by atoms with Gasteiger partial charge in [0.1, 0.15) is 12.1 Å². The summed E-state index contributed by atoms with van der Waals surface area (Å²) in [7, 11) is 1.59. The van der Waals surface area contributed by atoms with Gasteiger partial charge in [0.15, 0.2) is 0 Å². The van der Waals surface area contributed by atoms with E-state index in [4.69, 9.17) is 4.74 Å². The van der Waals surface area contributed by atoms with Crippen molar-refractivity contribution in [3.63, 3.8) is 0 Å². The first-order valence-electron chi connectivity index (χ1n) is 17.3. The Morgan fingerprint density at radius 1 is 1.02 bits per heavy atom. The molecule has 0 bridgehead atoms. The minimum Gasteiger partial charge on any atom is -0.383 e. The second-order valence-electron chi connectivity index (χ2n) is 14.3. The minimum atomic E-state index is -1.01. The molecule has 1 saturated heterocycles. The van der Waals surface area contributed by atoms with Crippen molar-refractivity contribution in [1.29, 1.82) is 0 Å². The first kappa shape index (κ1) is 39.2. The molecule has 1 saturated carbocycles. The second-order valence-corrected chi connectivity index (χ2v) is 14.3. The number of nitrogens with zero attached hydrogens (tertiary/aromatic N) is 1. The molecule has 2 rings (SSSR count). The van der Waals surface area contributed by atoms with E-state index >= 15 is 0 Å². The van der Waals surface area contributed by atoms with E-state index in [1.165, 1.54) is 6.08 Å². The van der Waals surface area contributed by atoms with Gasteiger partial charge in [0.25, 0.3) is 5.91 Å². The fourth-order valence-corrected chi connectivity index (χ4v) is 7.06. The quantitative estimate of drug-likeness (QED) is 0.139. The highest BCUT2D eigenvalue weighted by Gasteiger charge is 2.51. The highest BCUT2D eigenvalue weighted by molar-refractivity contribution is 6.38. The van der Waals surface area contributed by atoms with Gasteiger partial charge in [-0.15, -0.1) is 6.58 Å². The lowest BCUT2D eigenvalue weighted by Gasteiger charge is -2.42. The molecule has 0 radical (unpaired) electrons. The van der Waals surface area contributed by atoms with Gasteiger partial charge < -0.3 is 30.9 Å². The molecule has 5 amide bonds. The van der Waals surface area contributed by atoms with Crippen LogP contribution >= 0.6 is 0 Å². The number of hydrogen-bond donors (Lipinski definition) is 4.